The number of ether oxygens (including phenoxy) is 1. The average Bonchev–Trinajstić information content (AvgIpc) is 2.41. The third-order valence-corrected chi connectivity index (χ3v) is 2.76. The van der Waals surface area contributed by atoms with Crippen molar-refractivity contribution in [1.82, 2.24) is 10.2 Å². The summed E-state index contributed by atoms with van der Waals surface area (Å²) in [4.78, 5) is 0. The van der Waals surface area contributed by atoms with Crippen molar-refractivity contribution in [1.29, 1.82) is 5.26 Å². The Labute approximate surface area is 110 Å². The SMILES string of the molecule is COc1ccc(Cl)cc1C(C#N)c1cccnn1. The lowest BCUT2D eigenvalue weighted by molar-refractivity contribution is 0.409. The van der Waals surface area contributed by atoms with Crippen LogP contribution in [0.2, 0.25) is 5.02 Å². The summed E-state index contributed by atoms with van der Waals surface area (Å²) in [7, 11) is 1.55. The number of aromatic nitrogens is 2. The summed E-state index contributed by atoms with van der Waals surface area (Å²) in [6.07, 6.45) is 1.56. The van der Waals surface area contributed by atoms with Gasteiger partial charge in [-0.05, 0) is 30.3 Å². The molecule has 1 atom stereocenters. The molecule has 0 fully saturated rings. The van der Waals surface area contributed by atoms with Crippen LogP contribution in [0.5, 0.6) is 5.75 Å². The Kier molecular flexibility index (Phi) is 3.75. The van der Waals surface area contributed by atoms with Crippen molar-refractivity contribution in [3.8, 4) is 11.8 Å². The normalized spacial score (nSPS) is 11.6. The van der Waals surface area contributed by atoms with Gasteiger partial charge in [0.2, 0.25) is 0 Å². The van der Waals surface area contributed by atoms with Crippen LogP contribution in [-0.4, -0.2) is 17.3 Å². The first-order valence-corrected chi connectivity index (χ1v) is 5.64. The highest BCUT2D eigenvalue weighted by atomic mass is 35.5. The van der Waals surface area contributed by atoms with Crippen LogP contribution >= 0.6 is 11.6 Å². The zero-order valence-corrected chi connectivity index (χ0v) is 10.4. The summed E-state index contributed by atoms with van der Waals surface area (Å²) in [5, 5.41) is 17.6. The van der Waals surface area contributed by atoms with E-state index in [9.17, 15) is 5.26 Å². The lowest BCUT2D eigenvalue weighted by Crippen LogP contribution is -2.04. The van der Waals surface area contributed by atoms with Crippen molar-refractivity contribution in [2.75, 3.05) is 7.11 Å². The zero-order valence-electron chi connectivity index (χ0n) is 9.67. The van der Waals surface area contributed by atoms with Crippen LogP contribution < -0.4 is 4.74 Å². The summed E-state index contributed by atoms with van der Waals surface area (Å²) in [5.41, 5.74) is 1.26. The van der Waals surface area contributed by atoms with Gasteiger partial charge in [-0.2, -0.15) is 15.5 Å². The average molecular weight is 260 g/mol. The number of methoxy groups -OCH3 is 1. The number of rotatable bonds is 3. The van der Waals surface area contributed by atoms with E-state index in [2.05, 4.69) is 16.3 Å². The van der Waals surface area contributed by atoms with E-state index in [4.69, 9.17) is 16.3 Å². The predicted molar refractivity (Wildman–Crippen MR) is 67.5 cm³/mol. The highest BCUT2D eigenvalue weighted by Gasteiger charge is 2.19. The van der Waals surface area contributed by atoms with Crippen molar-refractivity contribution in [3.63, 3.8) is 0 Å². The molecule has 2 rings (SSSR count). The molecular formula is C13H10ClN3O. The fourth-order valence-electron chi connectivity index (χ4n) is 1.69. The molecule has 0 bridgehead atoms. The summed E-state index contributed by atoms with van der Waals surface area (Å²) in [6.45, 7) is 0. The Balaban J connectivity index is 2.52. The Morgan fingerprint density at radius 2 is 2.22 bits per heavy atom. The fraction of sp³-hybridized carbons (Fsp3) is 0.154. The first-order chi connectivity index (χ1) is 8.76. The minimum Gasteiger partial charge on any atom is -0.496 e. The molecule has 0 spiro atoms. The molecule has 90 valence electrons. The second-order valence-corrected chi connectivity index (χ2v) is 4.03. The van der Waals surface area contributed by atoms with Gasteiger partial charge in [0.1, 0.15) is 11.7 Å². The highest BCUT2D eigenvalue weighted by molar-refractivity contribution is 6.30. The van der Waals surface area contributed by atoms with Crippen molar-refractivity contribution < 1.29 is 4.74 Å². The van der Waals surface area contributed by atoms with Crippen molar-refractivity contribution in [3.05, 3.63) is 52.8 Å². The predicted octanol–water partition coefficient (Wildman–Crippen LogP) is 2.79. The molecule has 1 unspecified atom stereocenters. The van der Waals surface area contributed by atoms with E-state index in [1.54, 1.807) is 43.6 Å². The molecular weight excluding hydrogens is 250 g/mol. The maximum absolute atomic E-state index is 9.33. The summed E-state index contributed by atoms with van der Waals surface area (Å²) in [6, 6.07) is 10.8. The molecule has 0 aliphatic heterocycles. The Bertz CT molecular complexity index is 581. The first-order valence-electron chi connectivity index (χ1n) is 5.27. The van der Waals surface area contributed by atoms with E-state index in [1.807, 2.05) is 0 Å². The van der Waals surface area contributed by atoms with Gasteiger partial charge < -0.3 is 4.74 Å². The molecule has 1 heterocycles. The topological polar surface area (TPSA) is 58.8 Å². The van der Waals surface area contributed by atoms with Gasteiger partial charge in [-0.3, -0.25) is 0 Å². The monoisotopic (exact) mass is 259 g/mol. The maximum Gasteiger partial charge on any atom is 0.123 e. The number of nitriles is 1. The van der Waals surface area contributed by atoms with Gasteiger partial charge in [0.05, 0.1) is 18.9 Å². The highest BCUT2D eigenvalue weighted by Crippen LogP contribution is 2.32. The van der Waals surface area contributed by atoms with Crippen LogP contribution in [0, 0.1) is 11.3 Å². The molecule has 4 nitrogen and oxygen atoms in total. The summed E-state index contributed by atoms with van der Waals surface area (Å²) < 4.78 is 5.25. The fourth-order valence-corrected chi connectivity index (χ4v) is 1.87. The van der Waals surface area contributed by atoms with Crippen molar-refractivity contribution >= 4 is 11.6 Å². The number of halogens is 1. The van der Waals surface area contributed by atoms with Crippen LogP contribution in [0.1, 0.15) is 17.2 Å². The minimum absolute atomic E-state index is 0.549. The number of hydrogen-bond donors (Lipinski definition) is 0. The molecule has 5 heteroatoms. The van der Waals surface area contributed by atoms with Gasteiger partial charge in [-0.1, -0.05) is 11.6 Å². The molecule has 0 N–H and O–H groups in total. The lowest BCUT2D eigenvalue weighted by Gasteiger charge is -2.13. The molecule has 0 saturated carbocycles. The summed E-state index contributed by atoms with van der Waals surface area (Å²) in [5.74, 6) is 0.0592. The van der Waals surface area contributed by atoms with Crippen LogP contribution in [0.25, 0.3) is 0 Å². The molecule has 0 radical (unpaired) electrons. The molecule has 0 aliphatic rings. The standard InChI is InChI=1S/C13H10ClN3O/c1-18-13-5-4-9(14)7-10(13)11(8-15)12-3-2-6-16-17-12/h2-7,11H,1H3. The Morgan fingerprint density at radius 1 is 1.39 bits per heavy atom. The molecule has 0 saturated heterocycles. The van der Waals surface area contributed by atoms with E-state index in [-0.39, 0.29) is 0 Å². The van der Waals surface area contributed by atoms with E-state index in [0.29, 0.717) is 22.0 Å². The van der Waals surface area contributed by atoms with E-state index in [1.165, 1.54) is 0 Å². The molecule has 0 aliphatic carbocycles. The van der Waals surface area contributed by atoms with Gasteiger partial charge in [-0.15, -0.1) is 0 Å². The Hall–Kier alpha value is -2.12. The van der Waals surface area contributed by atoms with Gasteiger partial charge in [-0.25, -0.2) is 0 Å². The number of benzene rings is 1. The van der Waals surface area contributed by atoms with Gasteiger partial charge in [0.15, 0.2) is 0 Å². The molecule has 1 aromatic carbocycles. The maximum atomic E-state index is 9.33. The second-order valence-electron chi connectivity index (χ2n) is 3.60. The largest absolute Gasteiger partial charge is 0.496 e. The third-order valence-electron chi connectivity index (χ3n) is 2.52. The molecule has 18 heavy (non-hydrogen) atoms. The van der Waals surface area contributed by atoms with Crippen LogP contribution in [0.4, 0.5) is 0 Å². The first kappa shape index (κ1) is 12.3. The number of nitrogens with zero attached hydrogens (tertiary/aromatic N) is 3. The van der Waals surface area contributed by atoms with Crippen molar-refractivity contribution in [2.45, 2.75) is 5.92 Å². The number of hydrogen-bond acceptors (Lipinski definition) is 4. The van der Waals surface area contributed by atoms with E-state index < -0.39 is 5.92 Å². The van der Waals surface area contributed by atoms with E-state index in [0.717, 1.165) is 0 Å². The second kappa shape index (κ2) is 5.48. The Morgan fingerprint density at radius 3 is 2.83 bits per heavy atom. The van der Waals surface area contributed by atoms with E-state index >= 15 is 0 Å². The van der Waals surface area contributed by atoms with Crippen LogP contribution in [-0.2, 0) is 0 Å². The zero-order chi connectivity index (χ0) is 13.0. The van der Waals surface area contributed by atoms with Gasteiger partial charge in [0, 0.05) is 16.8 Å². The van der Waals surface area contributed by atoms with Crippen LogP contribution in [0.15, 0.2) is 36.5 Å². The minimum atomic E-state index is -0.549. The molecule has 1 aromatic heterocycles. The molecule has 2 aromatic rings. The molecule has 0 amide bonds. The summed E-state index contributed by atoms with van der Waals surface area (Å²) >= 11 is 5.96. The quantitative estimate of drug-likeness (QED) is 0.850. The van der Waals surface area contributed by atoms with Crippen LogP contribution in [0.3, 0.4) is 0 Å². The van der Waals surface area contributed by atoms with Gasteiger partial charge >= 0.3 is 0 Å². The van der Waals surface area contributed by atoms with Gasteiger partial charge in [0.25, 0.3) is 0 Å². The smallest absolute Gasteiger partial charge is 0.123 e. The van der Waals surface area contributed by atoms with Crippen molar-refractivity contribution in [2.24, 2.45) is 0 Å². The lowest BCUT2D eigenvalue weighted by atomic mass is 9.96. The third kappa shape index (κ3) is 2.41.